The molecule has 3 aliphatic rings. The van der Waals surface area contributed by atoms with Crippen LogP contribution in [0, 0.1) is 0 Å². The van der Waals surface area contributed by atoms with Crippen molar-refractivity contribution in [3.8, 4) is 0 Å². The Hall–Kier alpha value is 0.793. The van der Waals surface area contributed by atoms with Gasteiger partial charge in [-0.2, -0.15) is 0 Å². The van der Waals surface area contributed by atoms with Crippen molar-refractivity contribution in [2.45, 2.75) is 37.0 Å². The molecule has 3 rings (SSSR count). The van der Waals surface area contributed by atoms with Gasteiger partial charge in [0.05, 0.1) is 19.6 Å². The molecule has 0 amide bonds. The summed E-state index contributed by atoms with van der Waals surface area (Å²) in [4.78, 5) is 4.06. The zero-order valence-corrected chi connectivity index (χ0v) is 24.2. The Morgan fingerprint density at radius 2 is 0.742 bits per heavy atom. The summed E-state index contributed by atoms with van der Waals surface area (Å²) in [6, 6.07) is 0. The maximum Gasteiger partial charge on any atom is 3.00 e. The van der Waals surface area contributed by atoms with E-state index in [9.17, 15) is 26.3 Å². The average Bonchev–Trinajstić information content (AvgIpc) is 3.25. The van der Waals surface area contributed by atoms with Gasteiger partial charge in [0.25, 0.3) is 17.8 Å². The third kappa shape index (κ3) is 12.2. The van der Waals surface area contributed by atoms with Crippen molar-refractivity contribution in [1.82, 2.24) is 14.7 Å². The first-order valence-electron chi connectivity index (χ1n) is 8.55. The molecule has 31 heavy (non-hydrogen) atoms. The molecular weight excluding hydrogens is 738 g/mol. The van der Waals surface area contributed by atoms with Crippen LogP contribution in [0.1, 0.15) is 19.3 Å². The summed E-state index contributed by atoms with van der Waals surface area (Å²) in [6.45, 7) is 0.0139. The molecule has 0 atom stereocenters. The Morgan fingerprint density at radius 3 is 0.806 bits per heavy atom. The Morgan fingerprint density at radius 1 is 0.548 bits per heavy atom. The predicted octanol–water partition coefficient (Wildman–Crippen LogP) is 3.10. The first-order valence-corrected chi connectivity index (χ1v) is 11.0. The summed E-state index contributed by atoms with van der Waals surface area (Å²) in [5.74, 6) is -7.74. The van der Waals surface area contributed by atoms with Crippen molar-refractivity contribution in [2.75, 3.05) is 39.3 Å². The molecule has 3 saturated heterocycles. The first kappa shape index (κ1) is 31.8. The fraction of sp³-hybridized carbons (Fsp3) is 0.800. The summed E-state index contributed by atoms with van der Waals surface area (Å²) < 4.78 is 74.9. The molecule has 0 spiro atoms. The van der Waals surface area contributed by atoms with Crippen LogP contribution in [0.4, 0.5) is 26.3 Å². The van der Waals surface area contributed by atoms with E-state index in [1.165, 1.54) is 14.7 Å². The zero-order chi connectivity index (χ0) is 23.3. The van der Waals surface area contributed by atoms with Crippen molar-refractivity contribution in [3.63, 3.8) is 0 Å². The van der Waals surface area contributed by atoms with Crippen molar-refractivity contribution in [1.29, 1.82) is 0 Å². The maximum absolute atomic E-state index is 12.4. The van der Waals surface area contributed by atoms with E-state index >= 15 is 0 Å². The molecule has 3 aliphatic heterocycles. The molecule has 16 heteroatoms. The van der Waals surface area contributed by atoms with Crippen molar-refractivity contribution >= 4 is 114 Å². The van der Waals surface area contributed by atoms with Crippen LogP contribution < -0.4 is 0 Å². The second-order valence-electron chi connectivity index (χ2n) is 6.88. The average molecular weight is 756 g/mol. The zero-order valence-electron chi connectivity index (χ0n) is 15.9. The third-order valence-corrected chi connectivity index (χ3v) is 5.83. The Labute approximate surface area is 229 Å². The fourth-order valence-electron chi connectivity index (χ4n) is 2.68. The van der Waals surface area contributed by atoms with Gasteiger partial charge < -0.3 is 89.2 Å². The van der Waals surface area contributed by atoms with Crippen molar-refractivity contribution in [3.05, 3.63) is 0 Å². The molecule has 2 radical (unpaired) electrons. The number of nitrogens with zero attached hydrogens (tertiary/aromatic N) is 3. The van der Waals surface area contributed by atoms with E-state index in [1.807, 2.05) is 0 Å². The van der Waals surface area contributed by atoms with Gasteiger partial charge >= 0.3 is 26.2 Å². The van der Waals surface area contributed by atoms with Gasteiger partial charge in [0.1, 0.15) is 0 Å². The van der Waals surface area contributed by atoms with Gasteiger partial charge in [-0.3, -0.25) is 0 Å². The van der Waals surface area contributed by atoms with E-state index in [2.05, 4.69) is 74.5 Å². The van der Waals surface area contributed by atoms with Gasteiger partial charge in [0.15, 0.2) is 0 Å². The SMILES string of the molecule is FC1(F)CCN(C(=S)[S-])C1.FC1(F)CCN(C(=S)[S-])C1.FC1(F)CCN(C(=S)[S-])C1.[Bi+3]. The second kappa shape index (κ2) is 13.0. The molecule has 0 unspecified atom stereocenters. The molecule has 3 nitrogen and oxygen atoms in total. The Kier molecular flexibility index (Phi) is 13.4. The quantitative estimate of drug-likeness (QED) is 0.159. The standard InChI is InChI=1S/3C5H7F2NS2.Bi/c3*6-5(7)1-2-8(3-5)4(9)10;/h3*1-3H2,(H,9,10);/q;;;+3/p-3. The minimum absolute atomic E-state index is 0. The maximum atomic E-state index is 12.4. The van der Waals surface area contributed by atoms with Crippen LogP contribution >= 0.6 is 36.7 Å². The monoisotopic (exact) mass is 755 g/mol. The predicted molar refractivity (Wildman–Crippen MR) is 129 cm³/mol. The third-order valence-electron chi connectivity index (χ3n) is 4.28. The number of thiocarbonyl (C=S) groups is 3. The summed E-state index contributed by atoms with van der Waals surface area (Å²) in [5, 5.41) is 0. The van der Waals surface area contributed by atoms with Crippen LogP contribution in [0.2, 0.25) is 0 Å². The number of alkyl halides is 6. The topological polar surface area (TPSA) is 9.72 Å². The minimum atomic E-state index is -2.58. The molecule has 0 aromatic carbocycles. The van der Waals surface area contributed by atoms with E-state index in [4.69, 9.17) is 0 Å². The molecule has 0 aromatic rings. The van der Waals surface area contributed by atoms with E-state index in [0.29, 0.717) is 19.6 Å². The minimum Gasteiger partial charge on any atom is -0.411 e. The largest absolute Gasteiger partial charge is 3.00 e. The van der Waals surface area contributed by atoms with Gasteiger partial charge in [-0.15, -0.1) is 0 Å². The summed E-state index contributed by atoms with van der Waals surface area (Å²) >= 11 is 27.4. The van der Waals surface area contributed by atoms with Crippen LogP contribution in [0.25, 0.3) is 0 Å². The molecule has 3 fully saturated rings. The normalized spacial score (nSPS) is 22.5. The molecule has 0 N–H and O–H groups in total. The number of halogens is 6. The van der Waals surface area contributed by atoms with Crippen molar-refractivity contribution < 1.29 is 26.3 Å². The summed E-state index contributed by atoms with van der Waals surface area (Å²) in [5.41, 5.74) is 0. The van der Waals surface area contributed by atoms with E-state index in [0.717, 1.165) is 0 Å². The van der Waals surface area contributed by atoms with Gasteiger partial charge in [-0.25, -0.2) is 26.3 Å². The molecule has 0 aromatic heterocycles. The van der Waals surface area contributed by atoms with Crippen LogP contribution in [-0.4, -0.2) is 111 Å². The van der Waals surface area contributed by atoms with E-state index in [1.54, 1.807) is 0 Å². The first-order chi connectivity index (χ1) is 13.5. The number of hydrogen-bond acceptors (Lipinski definition) is 6. The molecule has 176 valence electrons. The van der Waals surface area contributed by atoms with Gasteiger partial charge in [-0.05, 0) is 0 Å². The van der Waals surface area contributed by atoms with Gasteiger partial charge in [-0.1, -0.05) is 13.0 Å². The number of rotatable bonds is 0. The second-order valence-corrected chi connectivity index (χ2v) is 9.98. The van der Waals surface area contributed by atoms with Gasteiger partial charge in [0.2, 0.25) is 0 Å². The van der Waals surface area contributed by atoms with Crippen molar-refractivity contribution in [2.24, 2.45) is 0 Å². The smallest absolute Gasteiger partial charge is 0.411 e. The van der Waals surface area contributed by atoms with E-state index < -0.39 is 17.8 Å². The van der Waals surface area contributed by atoms with Crippen LogP contribution in [0.5, 0.6) is 0 Å². The summed E-state index contributed by atoms with van der Waals surface area (Å²) in [7, 11) is 0. The molecule has 0 saturated carbocycles. The van der Waals surface area contributed by atoms with E-state index in [-0.39, 0.29) is 78.1 Å². The van der Waals surface area contributed by atoms with Crippen LogP contribution in [0.3, 0.4) is 0 Å². The Balaban J connectivity index is 0.000000429. The molecular formula is C15H18BiF6N3S6. The number of likely N-dealkylation sites (tertiary alicyclic amines) is 3. The molecule has 3 heterocycles. The molecule has 0 bridgehead atoms. The van der Waals surface area contributed by atoms with Crippen LogP contribution in [-0.2, 0) is 37.9 Å². The summed E-state index contributed by atoms with van der Waals surface area (Å²) in [6.07, 6.45) is -0.364. The number of hydrogen-bond donors (Lipinski definition) is 0. The molecule has 0 aliphatic carbocycles. The fourth-order valence-corrected chi connectivity index (χ4v) is 3.61. The van der Waals surface area contributed by atoms with Crippen LogP contribution in [0.15, 0.2) is 0 Å². The van der Waals surface area contributed by atoms with Gasteiger partial charge in [0, 0.05) is 38.9 Å². The Bertz CT molecular complexity index is 571.